The van der Waals surface area contributed by atoms with Crippen LogP contribution in [0.2, 0.25) is 0 Å². The highest BCUT2D eigenvalue weighted by Gasteiger charge is 2.59. The Bertz CT molecular complexity index is 4600. The maximum atomic E-state index is 12.5. The maximum Gasteiger partial charge on any atom is 0.513 e. The number of carbonyl (C=O) groups is 5. The molecule has 7 aromatic carbocycles. The van der Waals surface area contributed by atoms with Crippen LogP contribution in [0.4, 0.5) is 4.79 Å². The van der Waals surface area contributed by atoms with Gasteiger partial charge in [0.15, 0.2) is 6.29 Å². The first-order chi connectivity index (χ1) is 71.2. The molecule has 0 saturated heterocycles. The highest BCUT2D eigenvalue weighted by atomic mass is 16.7. The molecular formula is C133H206O17. The smallest absolute Gasteiger partial charge is 0.508 e. The van der Waals surface area contributed by atoms with Crippen LogP contribution in [0.25, 0.3) is 0 Å². The molecule has 11 atom stereocenters. The largest absolute Gasteiger partial charge is 0.513 e. The summed E-state index contributed by atoms with van der Waals surface area (Å²) in [5.41, 5.74) is 8.31. The second kappa shape index (κ2) is 66.7. The minimum atomic E-state index is -0.689. The number of ether oxygens (including phenoxy) is 8. The van der Waals surface area contributed by atoms with E-state index in [1.807, 2.05) is 135 Å². The lowest BCUT2D eigenvalue weighted by Gasteiger charge is -2.59. The number of rotatable bonds is 32. The molecule has 10 aliphatic carbocycles. The summed E-state index contributed by atoms with van der Waals surface area (Å²) in [5.74, 6) is 13.4. The fourth-order valence-electron chi connectivity index (χ4n) is 21.5. The van der Waals surface area contributed by atoms with Crippen LogP contribution in [0, 0.1) is 70.5 Å². The van der Waals surface area contributed by atoms with Crippen molar-refractivity contribution in [2.45, 2.75) is 470 Å². The summed E-state index contributed by atoms with van der Waals surface area (Å²) < 4.78 is 43.6. The van der Waals surface area contributed by atoms with Crippen LogP contribution in [0.3, 0.4) is 0 Å². The van der Waals surface area contributed by atoms with E-state index >= 15 is 0 Å². The van der Waals surface area contributed by atoms with Crippen LogP contribution in [0.5, 0.6) is 34.5 Å². The van der Waals surface area contributed by atoms with Gasteiger partial charge < -0.3 is 58.3 Å². The summed E-state index contributed by atoms with van der Waals surface area (Å²) in [6.07, 6.45) is 35.2. The quantitative estimate of drug-likeness (QED) is 0.0133. The Kier molecular flexibility index (Phi) is 58.3. The lowest BCUT2D eigenvalue weighted by molar-refractivity contribution is -0.211. The van der Waals surface area contributed by atoms with Crippen molar-refractivity contribution in [2.75, 3.05) is 13.7 Å². The number of phenolic OH excluding ortho intramolecular Hbond substituents is 4. The van der Waals surface area contributed by atoms with Crippen molar-refractivity contribution in [3.05, 3.63) is 215 Å². The van der Waals surface area contributed by atoms with Crippen molar-refractivity contribution >= 4 is 30.0 Å². The number of benzene rings is 7. The average Bonchev–Trinajstić information content (AvgIpc) is 0.813. The molecule has 17 rings (SSSR count). The van der Waals surface area contributed by atoms with E-state index in [1.165, 1.54) is 149 Å². The van der Waals surface area contributed by atoms with E-state index in [4.69, 9.17) is 53.6 Å². The number of hydrogen-bond donors (Lipinski definition) is 4. The standard InChI is InChI=1S/C17H28O2.C16H26O2.C14H22O2.C12H16O3.2C12H22O2.4C10H14O.C10H14/c1-5-16(2,3)15(18)19-17(4)13-7-11-6-12(9-13)10-14(17)8-11;1-4-10(2)15(17)18-16(3)13-6-11-5-12(8-13)9-14(16)7-11;1-5-11(3)13-7-9-14(10-8-13)16-12(4)15-6-2;1-4-9(2)10-5-7-11(8-6-10)15-12(13)14-3;1-4-10(2)11(13)14-12(3)8-6-5-7-9-12;1-4-10(3)11(13)14-12(5-2)8-6-7-9-12;4*1-3-8(2)9-4-6-10(11)7-5-9;1-3-9(2)10-7-5-4-6-8-10/h11-14H,5-10H2,1-4H3;10-14H,4-9H2,1-3H3;7-12H,5-6H2,1-4H3;5-9H,4H2,1-3H3;2*10H,4-9H2,1-3H3;4*4-8,11H,3H2,1-2H3;4-9H,3H2,1-2H3. The highest BCUT2D eigenvalue weighted by Crippen LogP contribution is 2.61. The van der Waals surface area contributed by atoms with Gasteiger partial charge in [0.1, 0.15) is 56.9 Å². The Labute approximate surface area is 910 Å². The topological polar surface area (TPSA) is 240 Å². The minimum absolute atomic E-state index is 0.00347. The van der Waals surface area contributed by atoms with E-state index in [2.05, 4.69) is 186 Å². The van der Waals surface area contributed by atoms with Crippen LogP contribution in [-0.2, 0) is 47.6 Å². The van der Waals surface area contributed by atoms with E-state index in [9.17, 15) is 24.0 Å². The Morgan fingerprint density at radius 2 is 0.600 bits per heavy atom. The second-order valence-corrected chi connectivity index (χ2v) is 46.3. The molecule has 17 heteroatoms. The van der Waals surface area contributed by atoms with Crippen molar-refractivity contribution in [1.82, 2.24) is 0 Å². The fourth-order valence-corrected chi connectivity index (χ4v) is 21.5. The van der Waals surface area contributed by atoms with Crippen molar-refractivity contribution in [3.63, 3.8) is 0 Å². The molecule has 17 nitrogen and oxygen atoms in total. The molecular weight excluding hydrogens is 1870 g/mol. The molecule has 150 heavy (non-hydrogen) atoms. The molecule has 0 radical (unpaired) electrons. The molecule has 0 spiro atoms. The third-order valence-electron chi connectivity index (χ3n) is 34.8. The summed E-state index contributed by atoms with van der Waals surface area (Å²) in [7, 11) is 1.29. The Balaban J connectivity index is 0.000000292. The van der Waals surface area contributed by atoms with Gasteiger partial charge in [-0.05, 0) is 442 Å². The van der Waals surface area contributed by atoms with Gasteiger partial charge in [0.2, 0.25) is 0 Å². The Morgan fingerprint density at radius 3 is 0.880 bits per heavy atom. The molecule has 10 saturated carbocycles. The summed E-state index contributed by atoms with van der Waals surface area (Å²) >= 11 is 0. The van der Waals surface area contributed by atoms with Gasteiger partial charge >= 0.3 is 30.0 Å². The van der Waals surface area contributed by atoms with Crippen LogP contribution in [-0.4, -0.2) is 92.9 Å². The van der Waals surface area contributed by atoms with Gasteiger partial charge in [-0.25, -0.2) is 4.79 Å². The SMILES string of the molecule is CCC(C)(C)C(=O)OC1(C)C2CC3CC(C2)CC1C3.CCC(C)C(=O)OC1(C)C2CC3CC(C2)CC1C3.CCC(C)C(=O)OC1(C)CCCCC1.CCC(C)C(=O)OC1(CC)CCCC1.CCC(C)c1ccc(O)cc1.CCC(C)c1ccc(O)cc1.CCC(C)c1ccc(O)cc1.CCC(C)c1ccc(O)cc1.CCC(C)c1ccc(OC(=O)OC)cc1.CCC(C)c1ccccc1.CCOC(C)Oc1ccc(C(C)CC)cc1. The van der Waals surface area contributed by atoms with Gasteiger partial charge in [-0.2, -0.15) is 0 Å². The average molecular weight is 2080 g/mol. The van der Waals surface area contributed by atoms with Crippen molar-refractivity contribution in [3.8, 4) is 34.5 Å². The number of phenols is 4. The Morgan fingerprint density at radius 1 is 0.327 bits per heavy atom. The summed E-state index contributed by atoms with van der Waals surface area (Å²) in [5, 5.41) is 36.0. The molecule has 8 bridgehead atoms. The molecule has 840 valence electrons. The number of carbonyl (C=O) groups excluding carboxylic acids is 5. The number of esters is 4. The molecule has 10 aliphatic rings. The molecule has 0 aliphatic heterocycles. The van der Waals surface area contributed by atoms with Gasteiger partial charge in [-0.15, -0.1) is 0 Å². The van der Waals surface area contributed by atoms with Crippen LogP contribution < -0.4 is 9.47 Å². The highest BCUT2D eigenvalue weighted by molar-refractivity contribution is 5.76. The summed E-state index contributed by atoms with van der Waals surface area (Å²) in [6, 6.07) is 56.1. The van der Waals surface area contributed by atoms with Crippen molar-refractivity contribution < 1.29 is 82.3 Å². The Hall–Kier alpha value is -9.35. The van der Waals surface area contributed by atoms with E-state index in [0.717, 1.165) is 126 Å². The normalized spacial score (nSPS) is 22.8. The third-order valence-corrected chi connectivity index (χ3v) is 34.8. The maximum absolute atomic E-state index is 12.5. The first-order valence-electron chi connectivity index (χ1n) is 58.6. The molecule has 10 fully saturated rings. The van der Waals surface area contributed by atoms with Gasteiger partial charge in [0.25, 0.3) is 0 Å². The van der Waals surface area contributed by atoms with Crippen molar-refractivity contribution in [2.24, 2.45) is 70.5 Å². The second-order valence-electron chi connectivity index (χ2n) is 46.3. The van der Waals surface area contributed by atoms with E-state index in [1.54, 1.807) is 60.7 Å². The monoisotopic (exact) mass is 2080 g/mol. The van der Waals surface area contributed by atoms with E-state index < -0.39 is 6.16 Å². The minimum Gasteiger partial charge on any atom is -0.508 e. The molecule has 11 unspecified atom stereocenters. The summed E-state index contributed by atoms with van der Waals surface area (Å²) in [4.78, 5) is 58.7. The van der Waals surface area contributed by atoms with Crippen molar-refractivity contribution in [1.29, 1.82) is 0 Å². The van der Waals surface area contributed by atoms with Gasteiger partial charge in [-0.3, -0.25) is 19.2 Å². The molecule has 0 amide bonds. The van der Waals surface area contributed by atoms with E-state index in [-0.39, 0.29) is 75.7 Å². The number of aromatic hydroxyl groups is 4. The molecule has 0 aromatic heterocycles. The number of methoxy groups -OCH3 is 1. The zero-order valence-electron chi connectivity index (χ0n) is 98.9. The predicted octanol–water partition coefficient (Wildman–Crippen LogP) is 36.7. The van der Waals surface area contributed by atoms with Crippen LogP contribution >= 0.6 is 0 Å². The lowest BCUT2D eigenvalue weighted by atomic mass is 9.50. The summed E-state index contributed by atoms with van der Waals surface area (Å²) in [6.45, 7) is 61.9. The molecule has 7 aromatic rings. The predicted molar refractivity (Wildman–Crippen MR) is 618 cm³/mol. The van der Waals surface area contributed by atoms with Gasteiger partial charge in [0.05, 0.1) is 30.3 Å². The molecule has 4 N–H and O–H groups in total. The molecule has 0 heterocycles. The first kappa shape index (κ1) is 131. The van der Waals surface area contributed by atoms with Gasteiger partial charge in [0, 0.05) is 6.61 Å². The fraction of sp³-hybridized carbons (Fsp3) is 0.647. The zero-order valence-corrected chi connectivity index (χ0v) is 98.9. The van der Waals surface area contributed by atoms with E-state index in [0.29, 0.717) is 100 Å². The first-order valence-corrected chi connectivity index (χ1v) is 58.6. The third kappa shape index (κ3) is 43.2. The van der Waals surface area contributed by atoms with Crippen LogP contribution in [0.15, 0.2) is 176 Å². The van der Waals surface area contributed by atoms with Gasteiger partial charge in [-0.1, -0.05) is 262 Å². The lowest BCUT2D eigenvalue weighted by Crippen LogP contribution is -2.58. The van der Waals surface area contributed by atoms with Crippen LogP contribution in [0.1, 0.15) is 480 Å². The zero-order chi connectivity index (χ0) is 112. The number of hydrogen-bond acceptors (Lipinski definition) is 17.